The molecule has 0 fully saturated rings. The molecule has 0 aromatic rings. The molecule has 0 heterocycles. The Morgan fingerprint density at radius 1 is 1.16 bits per heavy atom. The van der Waals surface area contributed by atoms with E-state index in [1.165, 1.54) is 29.6 Å². The van der Waals surface area contributed by atoms with Crippen LogP contribution in [-0.4, -0.2) is 5.37 Å². The molecule has 0 aliphatic heterocycles. The van der Waals surface area contributed by atoms with E-state index >= 15 is 0 Å². The lowest BCUT2D eigenvalue weighted by Gasteiger charge is -2.21. The summed E-state index contributed by atoms with van der Waals surface area (Å²) in [5.41, 5.74) is 10.9. The molecule has 0 aliphatic carbocycles. The van der Waals surface area contributed by atoms with Gasteiger partial charge in [-0.1, -0.05) is 51.9 Å². The maximum atomic E-state index is 6.30. The fourth-order valence-electron chi connectivity index (χ4n) is 2.13. The van der Waals surface area contributed by atoms with Gasteiger partial charge in [0.1, 0.15) is 0 Å². The van der Waals surface area contributed by atoms with Crippen LogP contribution in [0.15, 0.2) is 34.6 Å². The Morgan fingerprint density at radius 2 is 1.74 bits per heavy atom. The van der Waals surface area contributed by atoms with E-state index in [0.29, 0.717) is 11.8 Å². The fourth-order valence-corrected chi connectivity index (χ4v) is 2.33. The molecule has 1 nitrogen and oxygen atoms in total. The number of hydrogen-bond acceptors (Lipinski definition) is 2. The van der Waals surface area contributed by atoms with Crippen LogP contribution in [0.25, 0.3) is 0 Å². The van der Waals surface area contributed by atoms with Gasteiger partial charge in [0.25, 0.3) is 0 Å². The van der Waals surface area contributed by atoms with E-state index in [4.69, 9.17) is 18.0 Å². The Bertz CT molecular complexity index is 388. The van der Waals surface area contributed by atoms with Crippen LogP contribution in [0.4, 0.5) is 0 Å². The second-order valence-corrected chi connectivity index (χ2v) is 5.78. The largest absolute Gasteiger partial charge is 0.402 e. The van der Waals surface area contributed by atoms with Crippen LogP contribution in [0, 0.1) is 11.8 Å². The van der Waals surface area contributed by atoms with E-state index in [9.17, 15) is 0 Å². The second-order valence-electron chi connectivity index (χ2n) is 5.51. The van der Waals surface area contributed by atoms with Gasteiger partial charge in [0.05, 0.1) is 0 Å². The average molecular weight is 279 g/mol. The van der Waals surface area contributed by atoms with Gasteiger partial charge in [-0.15, -0.1) is 0 Å². The molecule has 2 atom stereocenters. The zero-order valence-electron chi connectivity index (χ0n) is 13.3. The lowest BCUT2D eigenvalue weighted by molar-refractivity contribution is 0.402. The van der Waals surface area contributed by atoms with Crippen molar-refractivity contribution in [2.24, 2.45) is 17.6 Å². The van der Waals surface area contributed by atoms with Gasteiger partial charge in [-0.25, -0.2) is 0 Å². The van der Waals surface area contributed by atoms with Crippen LogP contribution in [-0.2, 0) is 0 Å². The van der Waals surface area contributed by atoms with Gasteiger partial charge < -0.3 is 5.73 Å². The van der Waals surface area contributed by atoms with E-state index in [0.717, 1.165) is 5.70 Å². The molecule has 0 saturated heterocycles. The highest BCUT2D eigenvalue weighted by molar-refractivity contribution is 7.79. The van der Waals surface area contributed by atoms with Gasteiger partial charge in [0.15, 0.2) is 0 Å². The number of rotatable bonds is 7. The molecule has 1 unspecified atom stereocenters. The maximum absolute atomic E-state index is 6.30. The number of hydrogen-bond donors (Lipinski definition) is 1. The zero-order valence-corrected chi connectivity index (χ0v) is 14.1. The smallest absolute Gasteiger partial charge is 0.0142 e. The van der Waals surface area contributed by atoms with Crippen molar-refractivity contribution in [1.29, 1.82) is 0 Å². The van der Waals surface area contributed by atoms with Crippen LogP contribution >= 0.6 is 12.2 Å². The molecule has 0 aromatic carbocycles. The topological polar surface area (TPSA) is 26.0 Å². The molecule has 0 rings (SSSR count). The average Bonchev–Trinajstić information content (AvgIpc) is 2.37. The van der Waals surface area contributed by atoms with Crippen LogP contribution in [0.2, 0.25) is 0 Å². The zero-order chi connectivity index (χ0) is 15.0. The first-order valence-corrected chi connectivity index (χ1v) is 7.59. The minimum absolute atomic E-state index is 0.429. The van der Waals surface area contributed by atoms with Gasteiger partial charge in [0, 0.05) is 11.1 Å². The van der Waals surface area contributed by atoms with Crippen molar-refractivity contribution in [3.05, 3.63) is 34.6 Å². The van der Waals surface area contributed by atoms with Gasteiger partial charge in [0.2, 0.25) is 0 Å². The number of thiocarbonyl (C=S) groups is 1. The molecule has 0 amide bonds. The van der Waals surface area contributed by atoms with Crippen molar-refractivity contribution in [2.45, 2.75) is 54.4 Å². The summed E-state index contributed by atoms with van der Waals surface area (Å²) in [4.78, 5) is 0. The summed E-state index contributed by atoms with van der Waals surface area (Å²) in [6.45, 7) is 13.0. The van der Waals surface area contributed by atoms with Gasteiger partial charge >= 0.3 is 0 Å². The van der Waals surface area contributed by atoms with E-state index in [1.807, 2.05) is 6.08 Å². The van der Waals surface area contributed by atoms with E-state index in [2.05, 4.69) is 47.6 Å². The molecular weight excluding hydrogens is 250 g/mol. The Balaban J connectivity index is 5.09. The number of allylic oxidation sites excluding steroid dienone is 6. The quantitative estimate of drug-likeness (QED) is 0.394. The minimum Gasteiger partial charge on any atom is -0.402 e. The molecule has 0 bridgehead atoms. The maximum Gasteiger partial charge on any atom is 0.0142 e. The van der Waals surface area contributed by atoms with Gasteiger partial charge in [-0.3, -0.25) is 0 Å². The van der Waals surface area contributed by atoms with Crippen molar-refractivity contribution in [1.82, 2.24) is 0 Å². The van der Waals surface area contributed by atoms with E-state index in [1.54, 1.807) is 5.37 Å². The summed E-state index contributed by atoms with van der Waals surface area (Å²) < 4.78 is 0. The summed E-state index contributed by atoms with van der Waals surface area (Å²) >= 11 is 4.85. The summed E-state index contributed by atoms with van der Waals surface area (Å²) in [5.74, 6) is 1.06. The molecule has 0 aromatic heterocycles. The molecule has 0 radical (unpaired) electrons. The van der Waals surface area contributed by atoms with Crippen LogP contribution in [0.1, 0.15) is 54.4 Å². The predicted molar refractivity (Wildman–Crippen MR) is 91.3 cm³/mol. The van der Waals surface area contributed by atoms with Gasteiger partial charge in [-0.05, 0) is 55.4 Å². The van der Waals surface area contributed by atoms with Crippen molar-refractivity contribution in [3.63, 3.8) is 0 Å². The minimum atomic E-state index is 0.429. The first-order valence-electron chi connectivity index (χ1n) is 7.12. The third kappa shape index (κ3) is 6.20. The van der Waals surface area contributed by atoms with Crippen molar-refractivity contribution >= 4 is 17.6 Å². The first-order chi connectivity index (χ1) is 8.84. The van der Waals surface area contributed by atoms with Crippen LogP contribution in [0.3, 0.4) is 0 Å². The normalized spacial score (nSPS) is 17.8. The Hall–Kier alpha value is -0.890. The van der Waals surface area contributed by atoms with E-state index < -0.39 is 0 Å². The SMILES string of the molecule is CCCC(C)[C@H](C)C(N)=C(C)C=C(C)C(C)=CC=S. The standard InChI is InChI=1S/C17H29NS/c1-7-8-13(3)16(6)17(18)15(5)11-14(4)12(2)9-10-19/h9-11,13,16H,7-8,18H2,1-6H3/t13?,16-/m0/s1. The fraction of sp³-hybridized carbons (Fsp3) is 0.588. The molecule has 0 saturated carbocycles. The molecule has 19 heavy (non-hydrogen) atoms. The highest BCUT2D eigenvalue weighted by Gasteiger charge is 2.15. The molecule has 0 spiro atoms. The highest BCUT2D eigenvalue weighted by Crippen LogP contribution is 2.24. The summed E-state index contributed by atoms with van der Waals surface area (Å²) in [5, 5.41) is 1.65. The second kappa shape index (κ2) is 9.08. The molecule has 108 valence electrons. The number of nitrogens with two attached hydrogens (primary N) is 1. The first kappa shape index (κ1) is 18.1. The third-order valence-electron chi connectivity index (χ3n) is 3.92. The predicted octanol–water partition coefficient (Wildman–Crippen LogP) is 5.18. The van der Waals surface area contributed by atoms with Crippen molar-refractivity contribution in [3.8, 4) is 0 Å². The monoisotopic (exact) mass is 279 g/mol. The summed E-state index contributed by atoms with van der Waals surface area (Å²) in [6, 6.07) is 0. The lowest BCUT2D eigenvalue weighted by atomic mass is 9.87. The Labute approximate surface area is 124 Å². The molecule has 2 N–H and O–H groups in total. The molecular formula is C17H29NS. The van der Waals surface area contributed by atoms with E-state index in [-0.39, 0.29) is 0 Å². The summed E-state index contributed by atoms with van der Waals surface area (Å²) in [7, 11) is 0. The van der Waals surface area contributed by atoms with Crippen LogP contribution < -0.4 is 5.73 Å². The highest BCUT2D eigenvalue weighted by atomic mass is 32.1. The molecule has 0 aliphatic rings. The van der Waals surface area contributed by atoms with Crippen molar-refractivity contribution < 1.29 is 0 Å². The summed E-state index contributed by atoms with van der Waals surface area (Å²) in [6.07, 6.45) is 6.55. The van der Waals surface area contributed by atoms with Gasteiger partial charge in [-0.2, -0.15) is 0 Å². The van der Waals surface area contributed by atoms with Crippen molar-refractivity contribution in [2.75, 3.05) is 0 Å². The van der Waals surface area contributed by atoms with Crippen LogP contribution in [0.5, 0.6) is 0 Å². The Kier molecular flexibility index (Phi) is 8.66. The lowest BCUT2D eigenvalue weighted by Crippen LogP contribution is -2.18. The molecule has 2 heteroatoms. The Morgan fingerprint density at radius 3 is 2.21 bits per heavy atom. The third-order valence-corrected chi connectivity index (χ3v) is 4.05.